The van der Waals surface area contributed by atoms with Crippen LogP contribution in [0, 0.1) is 13.8 Å². The van der Waals surface area contributed by atoms with Crippen LogP contribution in [0.3, 0.4) is 0 Å². The second kappa shape index (κ2) is 7.93. The van der Waals surface area contributed by atoms with Gasteiger partial charge in [0.2, 0.25) is 0 Å². The van der Waals surface area contributed by atoms with Gasteiger partial charge in [-0.2, -0.15) is 0 Å². The number of carbonyl (C=O) groups excluding carboxylic acids is 1. The minimum absolute atomic E-state index is 0.0203. The van der Waals surface area contributed by atoms with E-state index in [1.807, 2.05) is 4.90 Å². The fourth-order valence-corrected chi connectivity index (χ4v) is 4.52. The predicted molar refractivity (Wildman–Crippen MR) is 114 cm³/mol. The average molecular weight is 396 g/mol. The van der Waals surface area contributed by atoms with Crippen molar-refractivity contribution in [2.24, 2.45) is 0 Å². The molecule has 1 amide bonds. The monoisotopic (exact) mass is 395 g/mol. The Hall–Kier alpha value is -2.76. The number of hydrogen-bond donors (Lipinski definition) is 0. The van der Waals surface area contributed by atoms with Crippen LogP contribution in [-0.2, 0) is 13.0 Å². The summed E-state index contributed by atoms with van der Waals surface area (Å²) in [6.07, 6.45) is 2.71. The van der Waals surface area contributed by atoms with Gasteiger partial charge >= 0.3 is 0 Å². The van der Waals surface area contributed by atoms with Crippen LogP contribution in [0.25, 0.3) is 0 Å². The van der Waals surface area contributed by atoms with Crippen LogP contribution in [-0.4, -0.2) is 48.7 Å². The fraction of sp³-hybridized carbons (Fsp3) is 0.478. The van der Waals surface area contributed by atoms with E-state index in [4.69, 9.17) is 4.74 Å². The average Bonchev–Trinajstić information content (AvgIpc) is 2.75. The quantitative estimate of drug-likeness (QED) is 0.802. The second-order valence-electron chi connectivity index (χ2n) is 7.98. The zero-order valence-electron chi connectivity index (χ0n) is 17.5. The Morgan fingerprint density at radius 2 is 1.79 bits per heavy atom. The molecule has 3 heterocycles. The highest BCUT2D eigenvalue weighted by atomic mass is 16.5. The first-order valence-corrected chi connectivity index (χ1v) is 10.4. The highest BCUT2D eigenvalue weighted by Gasteiger charge is 2.29. The molecule has 2 aromatic rings. The largest absolute Gasteiger partial charge is 0.496 e. The molecule has 29 heavy (non-hydrogen) atoms. The van der Waals surface area contributed by atoms with E-state index in [0.717, 1.165) is 38.0 Å². The Morgan fingerprint density at radius 3 is 2.52 bits per heavy atom. The molecule has 0 atom stereocenters. The Morgan fingerprint density at radius 1 is 1.03 bits per heavy atom. The lowest BCUT2D eigenvalue weighted by molar-refractivity contribution is 0.0740. The number of piperazine rings is 1. The number of methoxy groups -OCH3 is 1. The van der Waals surface area contributed by atoms with Gasteiger partial charge in [0.05, 0.1) is 7.11 Å². The van der Waals surface area contributed by atoms with Crippen LogP contribution in [0.15, 0.2) is 29.1 Å². The maximum absolute atomic E-state index is 13.4. The van der Waals surface area contributed by atoms with Crippen molar-refractivity contribution in [3.05, 3.63) is 57.0 Å². The van der Waals surface area contributed by atoms with E-state index < -0.39 is 0 Å². The number of benzene rings is 1. The number of hydrogen-bond acceptors (Lipinski definition) is 4. The standard InChI is InChI=1S/C23H29N3O3/c1-16-7-6-9-18(17(16)2)24-11-13-25(14-12-24)23(28)22-19-8-4-5-10-26(19)21(27)15-20(22)29-3/h6-7,9,15H,4-5,8,10-14H2,1-3H3. The Balaban J connectivity index is 1.58. The number of pyridine rings is 1. The number of nitrogens with zero attached hydrogens (tertiary/aromatic N) is 3. The summed E-state index contributed by atoms with van der Waals surface area (Å²) in [6.45, 7) is 7.88. The van der Waals surface area contributed by atoms with E-state index in [0.29, 0.717) is 30.9 Å². The normalized spacial score (nSPS) is 16.5. The first kappa shape index (κ1) is 19.6. The Labute approximate surface area is 171 Å². The molecule has 1 saturated heterocycles. The summed E-state index contributed by atoms with van der Waals surface area (Å²) >= 11 is 0. The number of rotatable bonds is 3. The topological polar surface area (TPSA) is 54.8 Å². The molecule has 0 aliphatic carbocycles. The zero-order chi connectivity index (χ0) is 20.5. The molecule has 0 N–H and O–H groups in total. The summed E-state index contributed by atoms with van der Waals surface area (Å²) in [5.41, 5.74) is 5.17. The lowest BCUT2D eigenvalue weighted by atomic mass is 10.0. The first-order chi connectivity index (χ1) is 14.0. The molecule has 1 aromatic heterocycles. The molecule has 2 aliphatic rings. The Kier molecular flexibility index (Phi) is 5.35. The molecule has 1 aromatic carbocycles. The van der Waals surface area contributed by atoms with Crippen LogP contribution in [0.5, 0.6) is 5.75 Å². The van der Waals surface area contributed by atoms with Gasteiger partial charge in [0, 0.05) is 50.2 Å². The Bertz CT molecular complexity index is 988. The lowest BCUT2D eigenvalue weighted by Gasteiger charge is -2.37. The van der Waals surface area contributed by atoms with E-state index in [9.17, 15) is 9.59 Å². The number of anilines is 1. The summed E-state index contributed by atoms with van der Waals surface area (Å²) in [5.74, 6) is 0.387. The smallest absolute Gasteiger partial charge is 0.259 e. The number of carbonyl (C=O) groups is 1. The third kappa shape index (κ3) is 3.52. The van der Waals surface area contributed by atoms with Gasteiger partial charge < -0.3 is 19.1 Å². The molecule has 6 heteroatoms. The van der Waals surface area contributed by atoms with E-state index in [1.165, 1.54) is 30.0 Å². The SMILES string of the molecule is COc1cc(=O)n2c(c1C(=O)N1CCN(c3cccc(C)c3C)CC1)CCCC2. The van der Waals surface area contributed by atoms with Crippen molar-refractivity contribution >= 4 is 11.6 Å². The number of amides is 1. The van der Waals surface area contributed by atoms with Crippen LogP contribution < -0.4 is 15.2 Å². The minimum Gasteiger partial charge on any atom is -0.496 e. The van der Waals surface area contributed by atoms with Crippen molar-refractivity contribution in [3.8, 4) is 5.75 Å². The lowest BCUT2D eigenvalue weighted by Crippen LogP contribution is -2.49. The molecular weight excluding hydrogens is 366 g/mol. The molecule has 0 spiro atoms. The fourth-order valence-electron chi connectivity index (χ4n) is 4.52. The zero-order valence-corrected chi connectivity index (χ0v) is 17.5. The van der Waals surface area contributed by atoms with E-state index in [1.54, 1.807) is 4.57 Å². The molecular formula is C23H29N3O3. The molecule has 0 unspecified atom stereocenters. The molecule has 6 nitrogen and oxygen atoms in total. The van der Waals surface area contributed by atoms with Gasteiger partial charge in [-0.1, -0.05) is 12.1 Å². The highest BCUT2D eigenvalue weighted by Crippen LogP contribution is 2.28. The van der Waals surface area contributed by atoms with Crippen LogP contribution >= 0.6 is 0 Å². The minimum atomic E-state index is -0.0761. The van der Waals surface area contributed by atoms with E-state index in [2.05, 4.69) is 36.9 Å². The molecule has 154 valence electrons. The summed E-state index contributed by atoms with van der Waals surface area (Å²) in [4.78, 5) is 30.1. The van der Waals surface area contributed by atoms with Crippen molar-refractivity contribution in [1.29, 1.82) is 0 Å². The van der Waals surface area contributed by atoms with Crippen molar-refractivity contribution in [2.45, 2.75) is 39.7 Å². The van der Waals surface area contributed by atoms with Crippen LogP contribution in [0.4, 0.5) is 5.69 Å². The molecule has 0 bridgehead atoms. The van der Waals surface area contributed by atoms with E-state index >= 15 is 0 Å². The molecule has 4 rings (SSSR count). The number of aryl methyl sites for hydroxylation is 1. The summed E-state index contributed by atoms with van der Waals surface area (Å²) in [5, 5.41) is 0. The van der Waals surface area contributed by atoms with Gasteiger partial charge in [-0.15, -0.1) is 0 Å². The highest BCUT2D eigenvalue weighted by molar-refractivity contribution is 5.98. The summed E-state index contributed by atoms with van der Waals surface area (Å²) in [6, 6.07) is 7.84. The summed E-state index contributed by atoms with van der Waals surface area (Å²) < 4.78 is 7.21. The third-order valence-corrected chi connectivity index (χ3v) is 6.34. The van der Waals surface area contributed by atoms with Crippen LogP contribution in [0.1, 0.15) is 40.0 Å². The van der Waals surface area contributed by atoms with Crippen molar-refractivity contribution in [3.63, 3.8) is 0 Å². The van der Waals surface area contributed by atoms with Gasteiger partial charge in [0.25, 0.3) is 11.5 Å². The van der Waals surface area contributed by atoms with Crippen LogP contribution in [0.2, 0.25) is 0 Å². The number of ether oxygens (including phenoxy) is 1. The van der Waals surface area contributed by atoms with Gasteiger partial charge in [-0.05, 0) is 50.3 Å². The molecule has 0 radical (unpaired) electrons. The van der Waals surface area contributed by atoms with Gasteiger partial charge in [0.15, 0.2) is 0 Å². The maximum Gasteiger partial charge on any atom is 0.259 e. The van der Waals surface area contributed by atoms with E-state index in [-0.39, 0.29) is 11.5 Å². The van der Waals surface area contributed by atoms with Crippen molar-refractivity contribution < 1.29 is 9.53 Å². The van der Waals surface area contributed by atoms with Crippen molar-refractivity contribution in [1.82, 2.24) is 9.47 Å². The third-order valence-electron chi connectivity index (χ3n) is 6.34. The maximum atomic E-state index is 13.4. The van der Waals surface area contributed by atoms with Crippen molar-refractivity contribution in [2.75, 3.05) is 38.2 Å². The second-order valence-corrected chi connectivity index (χ2v) is 7.98. The first-order valence-electron chi connectivity index (χ1n) is 10.4. The predicted octanol–water partition coefficient (Wildman–Crippen LogP) is 2.77. The number of aromatic nitrogens is 1. The van der Waals surface area contributed by atoms with Gasteiger partial charge in [0.1, 0.15) is 11.3 Å². The summed E-state index contributed by atoms with van der Waals surface area (Å²) in [7, 11) is 1.53. The molecule has 2 aliphatic heterocycles. The van der Waals surface area contributed by atoms with Gasteiger partial charge in [-0.3, -0.25) is 9.59 Å². The molecule has 1 fully saturated rings. The number of fused-ring (bicyclic) bond motifs is 1. The molecule has 0 saturated carbocycles. The van der Waals surface area contributed by atoms with Gasteiger partial charge in [-0.25, -0.2) is 0 Å².